The zero-order valence-corrected chi connectivity index (χ0v) is 24.6. The summed E-state index contributed by atoms with van der Waals surface area (Å²) >= 11 is 0. The van der Waals surface area contributed by atoms with E-state index >= 15 is 0 Å². The van der Waals surface area contributed by atoms with Crippen molar-refractivity contribution in [3.05, 3.63) is 103 Å². The second-order valence-electron chi connectivity index (χ2n) is 6.80. The van der Waals surface area contributed by atoms with Crippen LogP contribution < -0.4 is 15.1 Å². The summed E-state index contributed by atoms with van der Waals surface area (Å²) < 4.78 is 26.0. The van der Waals surface area contributed by atoms with Crippen molar-refractivity contribution < 1.29 is 28.6 Å². The van der Waals surface area contributed by atoms with Crippen molar-refractivity contribution in [3.63, 3.8) is 0 Å². The minimum absolute atomic E-state index is 0. The van der Waals surface area contributed by atoms with Crippen molar-refractivity contribution in [2.24, 2.45) is 0 Å². The Balaban J connectivity index is 0.000000641. The molecule has 2 heterocycles. The van der Waals surface area contributed by atoms with Crippen LogP contribution in [0, 0.1) is 17.7 Å². The molecule has 8 heteroatoms. The van der Waals surface area contributed by atoms with E-state index in [1.165, 1.54) is 49.4 Å². The summed E-state index contributed by atoms with van der Waals surface area (Å²) in [6.45, 7) is 8.36. The molecule has 2 N–H and O–H groups in total. The first-order valence-corrected chi connectivity index (χ1v) is 11.4. The van der Waals surface area contributed by atoms with E-state index in [-0.39, 0.29) is 62.8 Å². The van der Waals surface area contributed by atoms with Gasteiger partial charge in [0.25, 0.3) is 0 Å². The third kappa shape index (κ3) is 11.9. The molecular weight excluding hydrogens is 536 g/mol. The molecule has 0 saturated carbocycles. The van der Waals surface area contributed by atoms with Crippen LogP contribution in [0.15, 0.2) is 79.3 Å². The van der Waals surface area contributed by atoms with Crippen molar-refractivity contribution in [3.8, 4) is 22.5 Å². The molecule has 0 bridgehead atoms. The predicted octanol–water partition coefficient (Wildman–Crippen LogP) is 4.62. The van der Waals surface area contributed by atoms with Crippen LogP contribution in [-0.2, 0) is 0 Å². The van der Waals surface area contributed by atoms with Crippen molar-refractivity contribution in [1.82, 2.24) is 4.98 Å². The van der Waals surface area contributed by atoms with Gasteiger partial charge in [-0.3, -0.25) is 9.37 Å². The average Bonchev–Trinajstić information content (AvgIpc) is 2.92. The van der Waals surface area contributed by atoms with Crippen molar-refractivity contribution in [1.29, 1.82) is 0 Å². The van der Waals surface area contributed by atoms with Gasteiger partial charge >= 0.3 is 45.5 Å². The van der Waals surface area contributed by atoms with E-state index in [4.69, 9.17) is 0 Å². The number of aromatic nitrogens is 3. The maximum Gasteiger partial charge on any atom is 2.00 e. The number of carbonyl (C=O) groups excluding carboxylic acids is 1. The summed E-state index contributed by atoms with van der Waals surface area (Å²) in [5.41, 5.74) is 2.93. The van der Waals surface area contributed by atoms with E-state index in [0.717, 1.165) is 5.56 Å². The van der Waals surface area contributed by atoms with Gasteiger partial charge in [-0.2, -0.15) is 0 Å². The summed E-state index contributed by atoms with van der Waals surface area (Å²) in [5.74, 6) is -1.83. The molecule has 0 saturated heterocycles. The number of nitrogens with one attached hydrogen (secondary N) is 2. The van der Waals surface area contributed by atoms with Crippen molar-refractivity contribution >= 4 is 51.5 Å². The zero-order valence-electron chi connectivity index (χ0n) is 21.1. The second kappa shape index (κ2) is 19.6. The second-order valence-corrected chi connectivity index (χ2v) is 6.80. The number of pyridine rings is 1. The Morgan fingerprint density at radius 1 is 0.917 bits per heavy atom. The Morgan fingerprint density at radius 2 is 1.56 bits per heavy atom. The minimum atomic E-state index is -1.18. The maximum atomic E-state index is 13.0. The van der Waals surface area contributed by atoms with Gasteiger partial charge < -0.3 is 9.90 Å². The molecule has 2 aromatic carbocycles. The predicted molar refractivity (Wildman–Crippen MR) is 135 cm³/mol. The Morgan fingerprint density at radius 3 is 2.03 bits per heavy atom. The standard InChI is InChI=1S/C16H9F2N2.C6H5NO2.C4H10.C2H6.Sr/c17-13-5-1-11(2-6-13)15-16(20-10-9-19-15)12-3-7-14(18)8-4-12;8-6(9)5-3-1-2-4-7-5;1-3-4-2;1-2;/h1-3,5-10H;1-4H,(H,8,9);3-4H2,1-2H3;1-2H3;/q-1;;;;+2/p+1. The number of rotatable bonds is 4. The van der Waals surface area contributed by atoms with Gasteiger partial charge in [0.1, 0.15) is 11.8 Å². The van der Waals surface area contributed by atoms with Crippen LogP contribution in [0.5, 0.6) is 0 Å². The van der Waals surface area contributed by atoms with Crippen LogP contribution in [0.4, 0.5) is 8.78 Å². The Kier molecular flexibility index (Phi) is 18.3. The summed E-state index contributed by atoms with van der Waals surface area (Å²) in [5, 5.41) is 10.1. The van der Waals surface area contributed by atoms with Crippen molar-refractivity contribution in [2.45, 2.75) is 40.5 Å². The molecule has 0 aliphatic rings. The molecule has 4 rings (SSSR count). The van der Waals surface area contributed by atoms with E-state index in [9.17, 15) is 18.7 Å². The topological polar surface area (TPSA) is 81.3 Å². The SMILES string of the molecule is CC.CCCC.Fc1c[c-]c(-c2[nH+]ccnc2-c2ccc(F)cc2)cc1.O=C([O-])c1cccc[nH+]1.[Sr+2]. The molecule has 0 radical (unpaired) electrons. The first-order valence-electron chi connectivity index (χ1n) is 11.4. The van der Waals surface area contributed by atoms with Gasteiger partial charge in [-0.25, -0.2) is 14.4 Å². The van der Waals surface area contributed by atoms with Gasteiger partial charge in [0.05, 0.1) is 11.9 Å². The minimum Gasteiger partial charge on any atom is -0.539 e. The monoisotopic (exact) mass is 567 g/mol. The Bertz CT molecular complexity index is 1060. The molecule has 5 nitrogen and oxygen atoms in total. The number of halogens is 2. The third-order valence-corrected chi connectivity index (χ3v) is 4.33. The Hall–Kier alpha value is -2.52. The van der Waals surface area contributed by atoms with Gasteiger partial charge in [0.2, 0.25) is 5.69 Å². The fraction of sp³-hybridized carbons (Fsp3) is 0.214. The van der Waals surface area contributed by atoms with Crippen LogP contribution in [0.25, 0.3) is 22.5 Å². The summed E-state index contributed by atoms with van der Waals surface area (Å²) in [6, 6.07) is 17.9. The number of aromatic amines is 2. The van der Waals surface area contributed by atoms with E-state index in [2.05, 4.69) is 34.9 Å². The van der Waals surface area contributed by atoms with Crippen LogP contribution in [0.2, 0.25) is 0 Å². The quantitative estimate of drug-likeness (QED) is 0.267. The smallest absolute Gasteiger partial charge is 0.539 e. The van der Waals surface area contributed by atoms with Crippen LogP contribution in [-0.4, -0.2) is 56.4 Å². The van der Waals surface area contributed by atoms with E-state index in [1.807, 2.05) is 13.8 Å². The number of hydrogen-bond acceptors (Lipinski definition) is 3. The number of carboxylic acid groups (broad SMARTS) is 1. The van der Waals surface area contributed by atoms with Crippen LogP contribution in [0.3, 0.4) is 0 Å². The number of unbranched alkanes of at least 4 members (excludes halogenated alkanes) is 1. The molecule has 0 aliphatic heterocycles. The van der Waals surface area contributed by atoms with Crippen molar-refractivity contribution in [2.75, 3.05) is 0 Å². The molecule has 0 amide bonds. The molecule has 184 valence electrons. The zero-order chi connectivity index (χ0) is 26.1. The van der Waals surface area contributed by atoms with Gasteiger partial charge in [-0.05, 0) is 23.8 Å². The summed E-state index contributed by atoms with van der Waals surface area (Å²) in [7, 11) is 0. The molecular formula is C28H31F2N3O2Sr+2. The largest absolute Gasteiger partial charge is 2.00 e. The number of aromatic carboxylic acids is 1. The fourth-order valence-electron chi connectivity index (χ4n) is 2.48. The fourth-order valence-corrected chi connectivity index (χ4v) is 2.48. The van der Waals surface area contributed by atoms with E-state index in [1.54, 1.807) is 42.7 Å². The van der Waals surface area contributed by atoms with E-state index in [0.29, 0.717) is 17.0 Å². The number of nitrogens with zero attached hydrogens (tertiary/aromatic N) is 1. The molecule has 0 unspecified atom stereocenters. The number of carboxylic acids is 1. The van der Waals surface area contributed by atoms with Gasteiger partial charge in [0, 0.05) is 17.9 Å². The van der Waals surface area contributed by atoms with Gasteiger partial charge in [-0.1, -0.05) is 58.2 Å². The Labute approximate surface area is 249 Å². The first-order chi connectivity index (χ1) is 17.0. The van der Waals surface area contributed by atoms with Gasteiger partial charge in [0.15, 0.2) is 18.1 Å². The van der Waals surface area contributed by atoms with E-state index < -0.39 is 5.97 Å². The number of hydrogen-bond donors (Lipinski definition) is 0. The molecule has 0 fully saturated rings. The molecule has 36 heavy (non-hydrogen) atoms. The molecule has 2 aromatic heterocycles. The molecule has 0 aliphatic carbocycles. The molecule has 0 atom stereocenters. The third-order valence-electron chi connectivity index (χ3n) is 4.33. The normalized spacial score (nSPS) is 9.06. The van der Waals surface area contributed by atoms with Crippen LogP contribution in [0.1, 0.15) is 51.0 Å². The van der Waals surface area contributed by atoms with Gasteiger partial charge in [-0.15, -0.1) is 24.3 Å². The molecule has 0 spiro atoms. The van der Waals surface area contributed by atoms with Crippen LogP contribution >= 0.6 is 0 Å². The average molecular weight is 567 g/mol. The number of benzene rings is 2. The maximum absolute atomic E-state index is 13.0. The number of H-pyrrole nitrogens is 2. The first kappa shape index (κ1) is 33.5. The summed E-state index contributed by atoms with van der Waals surface area (Å²) in [6.07, 6.45) is 7.47. The molecule has 4 aromatic rings. The summed E-state index contributed by atoms with van der Waals surface area (Å²) in [4.78, 5) is 20.0. The number of carbonyl (C=O) groups is 1.